The molecular weight excluding hydrogens is 328 g/mol. The van der Waals surface area contributed by atoms with Crippen LogP contribution in [0.1, 0.15) is 11.3 Å². The number of piperazine rings is 1. The highest BCUT2D eigenvalue weighted by molar-refractivity contribution is 5.60. The molecule has 0 unspecified atom stereocenters. The van der Waals surface area contributed by atoms with Crippen molar-refractivity contribution in [2.24, 2.45) is 0 Å². The third-order valence-corrected chi connectivity index (χ3v) is 5.17. The number of aromatic nitrogens is 3. The van der Waals surface area contributed by atoms with Crippen LogP contribution >= 0.6 is 0 Å². The van der Waals surface area contributed by atoms with Gasteiger partial charge in [-0.1, -0.05) is 0 Å². The average molecular weight is 354 g/mol. The van der Waals surface area contributed by atoms with Crippen molar-refractivity contribution in [3.8, 4) is 11.4 Å². The van der Waals surface area contributed by atoms with Gasteiger partial charge in [-0.3, -0.25) is 9.88 Å². The fourth-order valence-corrected chi connectivity index (χ4v) is 3.74. The van der Waals surface area contributed by atoms with Crippen LogP contribution in [0.2, 0.25) is 0 Å². The first-order chi connectivity index (χ1) is 12.8. The lowest BCUT2D eigenvalue weighted by atomic mass is 10.1. The Bertz CT molecular complexity index is 730. The molecular formula is C19H26N6O. The van der Waals surface area contributed by atoms with Gasteiger partial charge in [0.15, 0.2) is 5.82 Å². The van der Waals surface area contributed by atoms with E-state index in [2.05, 4.69) is 20.1 Å². The fourth-order valence-electron chi connectivity index (χ4n) is 3.74. The molecule has 0 saturated carbocycles. The zero-order valence-electron chi connectivity index (χ0n) is 15.1. The molecule has 0 spiro atoms. The molecule has 0 amide bonds. The molecule has 2 aromatic rings. The van der Waals surface area contributed by atoms with Crippen LogP contribution in [0.15, 0.2) is 24.5 Å². The number of pyridine rings is 1. The van der Waals surface area contributed by atoms with E-state index in [9.17, 15) is 0 Å². The smallest absolute Gasteiger partial charge is 0.163 e. The molecule has 4 heterocycles. The minimum Gasteiger partial charge on any atom is -0.395 e. The number of rotatable bonds is 4. The number of β-amino-alcohol motifs (C(OH)–C–C–N with tert-alkyl or cyclic N) is 1. The molecule has 7 nitrogen and oxygen atoms in total. The lowest BCUT2D eigenvalue weighted by Gasteiger charge is -2.36. The molecule has 0 atom stereocenters. The van der Waals surface area contributed by atoms with Crippen LogP contribution in [0.5, 0.6) is 0 Å². The monoisotopic (exact) mass is 354 g/mol. The van der Waals surface area contributed by atoms with Gasteiger partial charge in [0.1, 0.15) is 5.82 Å². The van der Waals surface area contributed by atoms with Gasteiger partial charge >= 0.3 is 0 Å². The maximum absolute atomic E-state index is 9.16. The van der Waals surface area contributed by atoms with Crippen LogP contribution in [0.25, 0.3) is 11.4 Å². The van der Waals surface area contributed by atoms with Crippen molar-refractivity contribution in [2.45, 2.75) is 12.8 Å². The van der Waals surface area contributed by atoms with Gasteiger partial charge in [-0.2, -0.15) is 0 Å². The van der Waals surface area contributed by atoms with E-state index < -0.39 is 0 Å². The van der Waals surface area contributed by atoms with Gasteiger partial charge in [-0.05, 0) is 25.1 Å². The van der Waals surface area contributed by atoms with Crippen LogP contribution in [0.4, 0.5) is 5.82 Å². The Morgan fingerprint density at radius 1 is 1.08 bits per heavy atom. The molecule has 2 aliphatic rings. The molecule has 0 aliphatic carbocycles. The Morgan fingerprint density at radius 2 is 1.92 bits per heavy atom. The van der Waals surface area contributed by atoms with Crippen LogP contribution in [0.3, 0.4) is 0 Å². The predicted octanol–water partition coefficient (Wildman–Crippen LogP) is 0.341. The summed E-state index contributed by atoms with van der Waals surface area (Å²) in [5.41, 5.74) is 3.42. The Balaban J connectivity index is 1.68. The van der Waals surface area contributed by atoms with Crippen molar-refractivity contribution in [3.63, 3.8) is 0 Å². The highest BCUT2D eigenvalue weighted by atomic mass is 16.3. The summed E-state index contributed by atoms with van der Waals surface area (Å²) in [5, 5.41) is 12.6. The molecule has 1 fully saturated rings. The molecule has 0 aromatic carbocycles. The van der Waals surface area contributed by atoms with Crippen molar-refractivity contribution >= 4 is 5.82 Å². The molecule has 26 heavy (non-hydrogen) atoms. The minimum atomic E-state index is 0.222. The summed E-state index contributed by atoms with van der Waals surface area (Å²) in [4.78, 5) is 18.8. The van der Waals surface area contributed by atoms with E-state index in [4.69, 9.17) is 15.1 Å². The Kier molecular flexibility index (Phi) is 5.38. The maximum Gasteiger partial charge on any atom is 0.163 e. The lowest BCUT2D eigenvalue weighted by molar-refractivity contribution is 0.188. The summed E-state index contributed by atoms with van der Waals surface area (Å²) >= 11 is 0. The van der Waals surface area contributed by atoms with Crippen LogP contribution in [-0.4, -0.2) is 77.4 Å². The van der Waals surface area contributed by atoms with Gasteiger partial charge in [0.25, 0.3) is 0 Å². The topological polar surface area (TPSA) is 77.4 Å². The number of fused-ring (bicyclic) bond motifs is 1. The summed E-state index contributed by atoms with van der Waals surface area (Å²) in [6.07, 6.45) is 5.51. The van der Waals surface area contributed by atoms with E-state index >= 15 is 0 Å². The van der Waals surface area contributed by atoms with Gasteiger partial charge < -0.3 is 15.3 Å². The van der Waals surface area contributed by atoms with Crippen LogP contribution < -0.4 is 10.2 Å². The van der Waals surface area contributed by atoms with E-state index in [1.807, 2.05) is 18.3 Å². The second kappa shape index (κ2) is 8.07. The number of anilines is 1. The molecule has 0 bridgehead atoms. The first-order valence-corrected chi connectivity index (χ1v) is 9.44. The molecule has 2 aromatic heterocycles. The van der Waals surface area contributed by atoms with Crippen molar-refractivity contribution in [1.29, 1.82) is 0 Å². The minimum absolute atomic E-state index is 0.222. The van der Waals surface area contributed by atoms with Gasteiger partial charge in [0, 0.05) is 69.2 Å². The van der Waals surface area contributed by atoms with Crippen molar-refractivity contribution in [2.75, 3.05) is 57.3 Å². The van der Waals surface area contributed by atoms with E-state index in [0.717, 1.165) is 81.6 Å². The average Bonchev–Trinajstić information content (AvgIpc) is 2.94. The van der Waals surface area contributed by atoms with Gasteiger partial charge in [-0.25, -0.2) is 9.97 Å². The summed E-state index contributed by atoms with van der Waals surface area (Å²) in [5.74, 6) is 1.85. The van der Waals surface area contributed by atoms with Crippen molar-refractivity contribution in [1.82, 2.24) is 25.2 Å². The van der Waals surface area contributed by atoms with E-state index in [0.29, 0.717) is 0 Å². The number of aliphatic hydroxyl groups is 1. The number of hydrogen-bond donors (Lipinski definition) is 2. The van der Waals surface area contributed by atoms with Gasteiger partial charge in [0.05, 0.1) is 12.3 Å². The second-order valence-corrected chi connectivity index (χ2v) is 6.84. The first-order valence-electron chi connectivity index (χ1n) is 9.44. The van der Waals surface area contributed by atoms with Crippen molar-refractivity contribution < 1.29 is 5.11 Å². The molecule has 2 aliphatic heterocycles. The number of aliphatic hydroxyl groups excluding tert-OH is 1. The molecule has 0 radical (unpaired) electrons. The van der Waals surface area contributed by atoms with Crippen LogP contribution in [-0.2, 0) is 12.8 Å². The number of nitrogens with one attached hydrogen (secondary N) is 1. The van der Waals surface area contributed by atoms with E-state index in [1.165, 1.54) is 5.56 Å². The molecule has 1 saturated heterocycles. The molecule has 4 rings (SSSR count). The van der Waals surface area contributed by atoms with Crippen LogP contribution in [0, 0.1) is 0 Å². The lowest BCUT2D eigenvalue weighted by Crippen LogP contribution is -2.48. The summed E-state index contributed by atoms with van der Waals surface area (Å²) in [6.45, 7) is 6.69. The normalized spacial score (nSPS) is 18.4. The van der Waals surface area contributed by atoms with E-state index in [-0.39, 0.29) is 6.61 Å². The highest BCUT2D eigenvalue weighted by Gasteiger charge is 2.24. The first kappa shape index (κ1) is 17.3. The van der Waals surface area contributed by atoms with E-state index in [1.54, 1.807) is 6.20 Å². The summed E-state index contributed by atoms with van der Waals surface area (Å²) in [6, 6.07) is 3.95. The SMILES string of the molecule is OCCN1CCN(c2nc(-c3cccnc3)nc3c2CCNCC3)CC1. The number of nitrogens with zero attached hydrogens (tertiary/aromatic N) is 5. The maximum atomic E-state index is 9.16. The molecule has 2 N–H and O–H groups in total. The van der Waals surface area contributed by atoms with Gasteiger partial charge in [-0.15, -0.1) is 0 Å². The molecule has 138 valence electrons. The Hall–Kier alpha value is -2.09. The van der Waals surface area contributed by atoms with Gasteiger partial charge in [0.2, 0.25) is 0 Å². The fraction of sp³-hybridized carbons (Fsp3) is 0.526. The highest BCUT2D eigenvalue weighted by Crippen LogP contribution is 2.27. The zero-order valence-corrected chi connectivity index (χ0v) is 15.1. The largest absolute Gasteiger partial charge is 0.395 e. The second-order valence-electron chi connectivity index (χ2n) is 6.84. The molecule has 7 heteroatoms. The third kappa shape index (κ3) is 3.70. The standard InChI is InChI=1S/C19H26N6O/c26-13-12-24-8-10-25(11-9-24)19-16-3-6-20-7-4-17(16)22-18(23-19)15-2-1-5-21-14-15/h1-2,5,14,20,26H,3-4,6-13H2. The quantitative estimate of drug-likeness (QED) is 0.820. The number of hydrogen-bond acceptors (Lipinski definition) is 7. The third-order valence-electron chi connectivity index (χ3n) is 5.17. The Morgan fingerprint density at radius 3 is 2.69 bits per heavy atom. The van der Waals surface area contributed by atoms with Crippen molar-refractivity contribution in [3.05, 3.63) is 35.8 Å². The summed E-state index contributed by atoms with van der Waals surface area (Å²) < 4.78 is 0. The Labute approximate surface area is 154 Å². The zero-order chi connectivity index (χ0) is 17.8. The summed E-state index contributed by atoms with van der Waals surface area (Å²) in [7, 11) is 0. The predicted molar refractivity (Wildman–Crippen MR) is 101 cm³/mol.